The minimum atomic E-state index is 1.08. The lowest BCUT2D eigenvalue weighted by Crippen LogP contribution is -1.97. The summed E-state index contributed by atoms with van der Waals surface area (Å²) in [5.74, 6) is 0. The Bertz CT molecular complexity index is 2350. The molecule has 10 rings (SSSR count). The second kappa shape index (κ2) is 12.2. The average molecular weight is 843 g/mol. The monoisotopic (exact) mass is 840 g/mol. The van der Waals surface area contributed by atoms with Crippen LogP contribution in [0.4, 0.5) is 0 Å². The zero-order chi connectivity index (χ0) is 34.2. The van der Waals surface area contributed by atoms with Gasteiger partial charge in [0.15, 0.2) is 0 Å². The molecule has 0 radical (unpaired) electrons. The molecule has 0 spiro atoms. The number of hydrogen-bond acceptors (Lipinski definition) is 0. The van der Waals surface area contributed by atoms with Crippen LogP contribution in [-0.2, 0) is 0 Å². The fraction of sp³-hybridized carbons (Fsp3) is 0. The first-order chi connectivity index (χ1) is 25.0. The lowest BCUT2D eigenvalue weighted by molar-refractivity contribution is 1.57. The molecule has 0 aromatic heterocycles. The van der Waals surface area contributed by atoms with Crippen LogP contribution >= 0.6 is 47.8 Å². The van der Waals surface area contributed by atoms with Crippen LogP contribution in [0.5, 0.6) is 0 Å². The minimum Gasteiger partial charge on any atom is -0.0616 e. The molecule has 0 unspecified atom stereocenters. The molecule has 0 fully saturated rings. The van der Waals surface area contributed by atoms with E-state index in [-0.39, 0.29) is 0 Å². The zero-order valence-corrected chi connectivity index (χ0v) is 32.0. The molecule has 3 heteroatoms. The van der Waals surface area contributed by atoms with E-state index in [1.54, 1.807) is 0 Å². The molecule has 0 aliphatic heterocycles. The van der Waals surface area contributed by atoms with E-state index >= 15 is 0 Å². The molecule has 51 heavy (non-hydrogen) atoms. The van der Waals surface area contributed by atoms with Gasteiger partial charge in [-0.25, -0.2) is 0 Å². The predicted octanol–water partition coefficient (Wildman–Crippen LogP) is 14.7. The van der Waals surface area contributed by atoms with Crippen molar-refractivity contribution in [3.05, 3.63) is 209 Å². The molecular formula is C48H27Br3. The second-order valence-corrected chi connectivity index (χ2v) is 16.0. The number of benzene rings is 7. The van der Waals surface area contributed by atoms with Gasteiger partial charge in [-0.05, 0) is 155 Å². The van der Waals surface area contributed by atoms with Gasteiger partial charge in [0.2, 0.25) is 0 Å². The van der Waals surface area contributed by atoms with Crippen LogP contribution in [0.2, 0.25) is 0 Å². The molecule has 7 aromatic carbocycles. The Morgan fingerprint density at radius 3 is 0.745 bits per heavy atom. The summed E-state index contributed by atoms with van der Waals surface area (Å²) in [5, 5.41) is 0. The summed E-state index contributed by atoms with van der Waals surface area (Å²) in [6.07, 6.45) is 7.18. The number of fused-ring (bicyclic) bond motifs is 12. The van der Waals surface area contributed by atoms with E-state index in [2.05, 4.69) is 212 Å². The first kappa shape index (κ1) is 31.0. The molecule has 0 nitrogen and oxygen atoms in total. The topological polar surface area (TPSA) is 0 Å². The summed E-state index contributed by atoms with van der Waals surface area (Å²) < 4.78 is 3.23. The minimum absolute atomic E-state index is 1.08. The van der Waals surface area contributed by atoms with Gasteiger partial charge in [0.05, 0.1) is 0 Å². The summed E-state index contributed by atoms with van der Waals surface area (Å²) in [7, 11) is 0. The van der Waals surface area contributed by atoms with Gasteiger partial charge in [-0.3, -0.25) is 0 Å². The summed E-state index contributed by atoms with van der Waals surface area (Å²) in [5.41, 5.74) is 22.9. The van der Waals surface area contributed by atoms with E-state index < -0.39 is 0 Å². The molecule has 7 aromatic rings. The van der Waals surface area contributed by atoms with E-state index in [9.17, 15) is 0 Å². The van der Waals surface area contributed by atoms with Crippen LogP contribution in [0, 0.1) is 0 Å². The largest absolute Gasteiger partial charge is 0.0616 e. The van der Waals surface area contributed by atoms with E-state index in [1.165, 1.54) is 100 Å². The van der Waals surface area contributed by atoms with Crippen molar-refractivity contribution in [2.75, 3.05) is 0 Å². The Hall–Kier alpha value is -4.80. The van der Waals surface area contributed by atoms with Crippen LogP contribution < -0.4 is 0 Å². The summed E-state index contributed by atoms with van der Waals surface area (Å²) in [4.78, 5) is 0. The average Bonchev–Trinajstić information content (AvgIpc) is 3.77. The Labute approximate surface area is 322 Å². The molecule has 0 amide bonds. The highest BCUT2D eigenvalue weighted by Gasteiger charge is 2.42. The van der Waals surface area contributed by atoms with Crippen molar-refractivity contribution < 1.29 is 0 Å². The highest BCUT2D eigenvalue weighted by atomic mass is 79.9. The third-order valence-electron chi connectivity index (χ3n) is 10.3. The van der Waals surface area contributed by atoms with Crippen LogP contribution in [0.25, 0.3) is 68.3 Å². The van der Waals surface area contributed by atoms with Crippen LogP contribution in [0.3, 0.4) is 0 Å². The number of rotatable bonds is 3. The van der Waals surface area contributed by atoms with Gasteiger partial charge in [0.1, 0.15) is 0 Å². The molecule has 0 atom stereocenters. The van der Waals surface area contributed by atoms with E-state index in [1.807, 2.05) is 0 Å². The quantitative estimate of drug-likeness (QED) is 0.166. The van der Waals surface area contributed by atoms with Crippen molar-refractivity contribution in [3.8, 4) is 33.4 Å². The molecular weight excluding hydrogens is 816 g/mol. The predicted molar refractivity (Wildman–Crippen MR) is 226 cm³/mol. The zero-order valence-electron chi connectivity index (χ0n) is 27.2. The van der Waals surface area contributed by atoms with Crippen LogP contribution in [-0.4, -0.2) is 0 Å². The van der Waals surface area contributed by atoms with Crippen molar-refractivity contribution >= 4 is 82.7 Å². The lowest BCUT2D eigenvalue weighted by atomic mass is 9.83. The fourth-order valence-electron chi connectivity index (χ4n) is 8.20. The maximum Gasteiger partial charge on any atom is 0.0175 e. The smallest absolute Gasteiger partial charge is 0.0175 e. The van der Waals surface area contributed by atoms with Crippen LogP contribution in [0.1, 0.15) is 50.1 Å². The lowest BCUT2D eigenvalue weighted by Gasteiger charge is -2.19. The molecule has 0 heterocycles. The van der Waals surface area contributed by atoms with Crippen molar-refractivity contribution in [2.24, 2.45) is 0 Å². The maximum atomic E-state index is 3.65. The molecule has 0 N–H and O–H groups in total. The molecule has 3 aliphatic carbocycles. The number of hydrogen-bond donors (Lipinski definition) is 0. The van der Waals surface area contributed by atoms with Gasteiger partial charge >= 0.3 is 0 Å². The standard InChI is InChI=1S/C48H27Br3/c49-31-19-13-28(14-20-31)25-40-34-7-1-4-10-37(34)43-46(40)44-38-11-5-2-8-35(38)42(27-30-17-23-33(51)24-18-30)48(44)45-39-12-6-3-9-36(39)41(47(43)45)26-29-15-21-32(50)22-16-29/h1-27H/b40-25+,41-26+,42-27+. The first-order valence-corrected chi connectivity index (χ1v) is 19.4. The third-order valence-corrected chi connectivity index (χ3v) is 11.9. The van der Waals surface area contributed by atoms with Gasteiger partial charge in [-0.15, -0.1) is 0 Å². The van der Waals surface area contributed by atoms with Crippen molar-refractivity contribution in [3.63, 3.8) is 0 Å². The van der Waals surface area contributed by atoms with E-state index in [0.29, 0.717) is 0 Å². The first-order valence-electron chi connectivity index (χ1n) is 17.0. The number of halogens is 3. The highest BCUT2D eigenvalue weighted by Crippen LogP contribution is 2.64. The van der Waals surface area contributed by atoms with Crippen molar-refractivity contribution in [1.29, 1.82) is 0 Å². The van der Waals surface area contributed by atoms with Gasteiger partial charge in [-0.1, -0.05) is 157 Å². The van der Waals surface area contributed by atoms with Gasteiger partial charge < -0.3 is 0 Å². The Kier molecular flexibility index (Phi) is 7.39. The Balaban J connectivity index is 1.39. The summed E-state index contributed by atoms with van der Waals surface area (Å²) in [6.45, 7) is 0. The van der Waals surface area contributed by atoms with Crippen molar-refractivity contribution in [1.82, 2.24) is 0 Å². The van der Waals surface area contributed by atoms with E-state index in [0.717, 1.165) is 13.4 Å². The third kappa shape index (κ3) is 4.98. The highest BCUT2D eigenvalue weighted by molar-refractivity contribution is 9.11. The fourth-order valence-corrected chi connectivity index (χ4v) is 9.00. The Morgan fingerprint density at radius 2 is 0.490 bits per heavy atom. The van der Waals surface area contributed by atoms with Gasteiger partial charge in [0.25, 0.3) is 0 Å². The maximum absolute atomic E-state index is 3.65. The molecule has 0 saturated carbocycles. The molecule has 0 bridgehead atoms. The summed E-state index contributed by atoms with van der Waals surface area (Å²) >= 11 is 11.0. The van der Waals surface area contributed by atoms with E-state index in [4.69, 9.17) is 0 Å². The SMILES string of the molecule is Brc1ccc(/C=C2\c3ccccc3-c3c2c2c(c4c3/C(=C/c3ccc(Br)cc3)c3ccccc3-4)/C(=C/c3ccc(Br)cc3)c3ccccc3-2)cc1. The van der Waals surface area contributed by atoms with Crippen molar-refractivity contribution in [2.45, 2.75) is 0 Å². The van der Waals surface area contributed by atoms with Gasteiger partial charge in [0, 0.05) is 13.4 Å². The second-order valence-electron chi connectivity index (χ2n) is 13.2. The van der Waals surface area contributed by atoms with Gasteiger partial charge in [-0.2, -0.15) is 0 Å². The normalized spacial score (nSPS) is 15.5. The molecule has 0 saturated heterocycles. The Morgan fingerprint density at radius 1 is 0.255 bits per heavy atom. The molecule has 240 valence electrons. The molecule has 3 aliphatic rings. The summed E-state index contributed by atoms with van der Waals surface area (Å²) in [6, 6.07) is 53.0. The van der Waals surface area contributed by atoms with Crippen LogP contribution in [0.15, 0.2) is 159 Å².